The second-order valence-corrected chi connectivity index (χ2v) is 4.70. The van der Waals surface area contributed by atoms with Crippen LogP contribution in [0, 0.1) is 6.92 Å². The van der Waals surface area contributed by atoms with Gasteiger partial charge in [-0.1, -0.05) is 0 Å². The first-order chi connectivity index (χ1) is 7.04. The van der Waals surface area contributed by atoms with Gasteiger partial charge in [-0.15, -0.1) is 11.3 Å². The highest BCUT2D eigenvalue weighted by Gasteiger charge is 2.16. The Morgan fingerprint density at radius 1 is 1.67 bits per heavy atom. The molecule has 4 nitrogen and oxygen atoms in total. The molecule has 0 aliphatic carbocycles. The monoisotopic (exact) mass is 228 g/mol. The zero-order valence-electron chi connectivity index (χ0n) is 9.24. The summed E-state index contributed by atoms with van der Waals surface area (Å²) in [4.78, 5) is 16.6. The molecule has 1 rings (SSSR count). The number of rotatable bonds is 4. The standard InChI is InChI=1S/C10H16N2O2S/c1-4-14-10(13)9-7(3)15-8(12-9)5-6(2)11/h6H,4-5,11H2,1-3H3. The first-order valence-corrected chi connectivity index (χ1v) is 5.75. The zero-order valence-corrected chi connectivity index (χ0v) is 10.1. The average molecular weight is 228 g/mol. The maximum Gasteiger partial charge on any atom is 0.358 e. The van der Waals surface area contributed by atoms with E-state index in [1.807, 2.05) is 13.8 Å². The number of carbonyl (C=O) groups is 1. The molecule has 0 radical (unpaired) electrons. The van der Waals surface area contributed by atoms with E-state index in [0.717, 1.165) is 9.88 Å². The molecule has 1 atom stereocenters. The van der Waals surface area contributed by atoms with E-state index in [1.165, 1.54) is 11.3 Å². The largest absolute Gasteiger partial charge is 0.461 e. The van der Waals surface area contributed by atoms with Crippen LogP contribution >= 0.6 is 11.3 Å². The maximum atomic E-state index is 11.5. The van der Waals surface area contributed by atoms with Crippen LogP contribution in [-0.2, 0) is 11.2 Å². The molecule has 0 amide bonds. The zero-order chi connectivity index (χ0) is 11.4. The van der Waals surface area contributed by atoms with E-state index in [9.17, 15) is 4.79 Å². The van der Waals surface area contributed by atoms with Crippen LogP contribution in [0.3, 0.4) is 0 Å². The number of carbonyl (C=O) groups excluding carboxylic acids is 1. The molecule has 1 heterocycles. The Bertz CT molecular complexity index is 347. The van der Waals surface area contributed by atoms with Crippen LogP contribution in [0.15, 0.2) is 0 Å². The number of hydrogen-bond donors (Lipinski definition) is 1. The van der Waals surface area contributed by atoms with Crippen molar-refractivity contribution in [3.63, 3.8) is 0 Å². The SMILES string of the molecule is CCOC(=O)c1nc(CC(C)N)sc1C. The van der Waals surface area contributed by atoms with E-state index in [0.29, 0.717) is 18.7 Å². The summed E-state index contributed by atoms with van der Waals surface area (Å²) in [5, 5.41) is 0.894. The summed E-state index contributed by atoms with van der Waals surface area (Å²) in [6.07, 6.45) is 0.699. The summed E-state index contributed by atoms with van der Waals surface area (Å²) in [7, 11) is 0. The number of ether oxygens (including phenoxy) is 1. The number of aryl methyl sites for hydroxylation is 1. The fourth-order valence-corrected chi connectivity index (χ4v) is 2.27. The molecule has 0 spiro atoms. The van der Waals surface area contributed by atoms with Crippen LogP contribution in [0.25, 0.3) is 0 Å². The molecular formula is C10H16N2O2S. The van der Waals surface area contributed by atoms with Crippen LogP contribution < -0.4 is 5.73 Å². The molecule has 1 aromatic rings. The summed E-state index contributed by atoms with van der Waals surface area (Å²) in [6, 6.07) is 0.0607. The molecule has 84 valence electrons. The van der Waals surface area contributed by atoms with Crippen LogP contribution in [0.4, 0.5) is 0 Å². The lowest BCUT2D eigenvalue weighted by molar-refractivity contribution is 0.0519. The van der Waals surface area contributed by atoms with Gasteiger partial charge in [0.15, 0.2) is 5.69 Å². The normalized spacial score (nSPS) is 12.5. The number of nitrogens with two attached hydrogens (primary N) is 1. The van der Waals surface area contributed by atoms with Crippen molar-refractivity contribution in [2.24, 2.45) is 5.73 Å². The van der Waals surface area contributed by atoms with Gasteiger partial charge in [0, 0.05) is 17.3 Å². The predicted octanol–water partition coefficient (Wildman–Crippen LogP) is 1.52. The molecule has 0 aliphatic heterocycles. The molecule has 15 heavy (non-hydrogen) atoms. The van der Waals surface area contributed by atoms with Crippen LogP contribution in [0.1, 0.15) is 34.2 Å². The molecule has 0 saturated carbocycles. The minimum Gasteiger partial charge on any atom is -0.461 e. The molecule has 5 heteroatoms. The van der Waals surface area contributed by atoms with E-state index in [-0.39, 0.29) is 12.0 Å². The van der Waals surface area contributed by atoms with Gasteiger partial charge < -0.3 is 10.5 Å². The molecule has 0 aromatic carbocycles. The van der Waals surface area contributed by atoms with E-state index >= 15 is 0 Å². The van der Waals surface area contributed by atoms with Crippen molar-refractivity contribution < 1.29 is 9.53 Å². The fourth-order valence-electron chi connectivity index (χ4n) is 1.20. The van der Waals surface area contributed by atoms with Crippen molar-refractivity contribution in [1.29, 1.82) is 0 Å². The highest BCUT2D eigenvalue weighted by atomic mass is 32.1. The molecule has 0 aliphatic rings. The van der Waals surface area contributed by atoms with Crippen molar-refractivity contribution >= 4 is 17.3 Å². The summed E-state index contributed by atoms with van der Waals surface area (Å²) < 4.78 is 4.90. The van der Waals surface area contributed by atoms with Crippen molar-refractivity contribution in [2.45, 2.75) is 33.2 Å². The number of nitrogens with zero attached hydrogens (tertiary/aromatic N) is 1. The molecule has 0 fully saturated rings. The third-order valence-corrected chi connectivity index (χ3v) is 2.80. The summed E-state index contributed by atoms with van der Waals surface area (Å²) in [5.74, 6) is -0.345. The number of esters is 1. The van der Waals surface area contributed by atoms with Gasteiger partial charge in [-0.25, -0.2) is 9.78 Å². The number of hydrogen-bond acceptors (Lipinski definition) is 5. The summed E-state index contributed by atoms with van der Waals surface area (Å²) in [6.45, 7) is 5.94. The fraction of sp³-hybridized carbons (Fsp3) is 0.600. The van der Waals surface area contributed by atoms with Crippen molar-refractivity contribution in [3.8, 4) is 0 Å². The third-order valence-electron chi connectivity index (χ3n) is 1.81. The van der Waals surface area contributed by atoms with E-state index in [4.69, 9.17) is 10.5 Å². The Balaban J connectivity index is 2.81. The van der Waals surface area contributed by atoms with E-state index in [2.05, 4.69) is 4.98 Å². The van der Waals surface area contributed by atoms with Gasteiger partial charge in [0.2, 0.25) is 0 Å². The second kappa shape index (κ2) is 5.23. The topological polar surface area (TPSA) is 65.2 Å². The van der Waals surface area contributed by atoms with Gasteiger partial charge >= 0.3 is 5.97 Å². The second-order valence-electron chi connectivity index (χ2n) is 3.41. The number of aromatic nitrogens is 1. The molecule has 1 unspecified atom stereocenters. The summed E-state index contributed by atoms with van der Waals surface area (Å²) >= 11 is 1.50. The Morgan fingerprint density at radius 3 is 2.87 bits per heavy atom. The Kier molecular flexibility index (Phi) is 4.23. The lowest BCUT2D eigenvalue weighted by Crippen LogP contribution is -2.17. The first kappa shape index (κ1) is 12.1. The van der Waals surface area contributed by atoms with E-state index < -0.39 is 0 Å². The van der Waals surface area contributed by atoms with Crippen molar-refractivity contribution in [2.75, 3.05) is 6.61 Å². The van der Waals surface area contributed by atoms with Gasteiger partial charge in [0.25, 0.3) is 0 Å². The predicted molar refractivity (Wildman–Crippen MR) is 60.2 cm³/mol. The minimum absolute atomic E-state index is 0.0607. The van der Waals surface area contributed by atoms with Gasteiger partial charge in [-0.05, 0) is 20.8 Å². The van der Waals surface area contributed by atoms with Crippen LogP contribution in [-0.4, -0.2) is 23.6 Å². The Hall–Kier alpha value is -0.940. The quantitative estimate of drug-likeness (QED) is 0.793. The lowest BCUT2D eigenvalue weighted by atomic mass is 10.3. The smallest absolute Gasteiger partial charge is 0.358 e. The minimum atomic E-state index is -0.345. The van der Waals surface area contributed by atoms with Crippen LogP contribution in [0.5, 0.6) is 0 Å². The molecule has 0 saturated heterocycles. The van der Waals surface area contributed by atoms with Crippen molar-refractivity contribution in [3.05, 3.63) is 15.6 Å². The van der Waals surface area contributed by atoms with Gasteiger partial charge in [0.05, 0.1) is 11.6 Å². The highest BCUT2D eigenvalue weighted by Crippen LogP contribution is 2.19. The summed E-state index contributed by atoms with van der Waals surface area (Å²) in [5.41, 5.74) is 6.10. The number of thiazole rings is 1. The third kappa shape index (κ3) is 3.28. The van der Waals surface area contributed by atoms with Gasteiger partial charge in [-0.2, -0.15) is 0 Å². The molecule has 0 bridgehead atoms. The van der Waals surface area contributed by atoms with Gasteiger partial charge in [0.1, 0.15) is 0 Å². The lowest BCUT2D eigenvalue weighted by Gasteiger charge is -1.99. The van der Waals surface area contributed by atoms with E-state index in [1.54, 1.807) is 6.92 Å². The molecule has 1 aromatic heterocycles. The van der Waals surface area contributed by atoms with Crippen molar-refractivity contribution in [1.82, 2.24) is 4.98 Å². The van der Waals surface area contributed by atoms with Gasteiger partial charge in [-0.3, -0.25) is 0 Å². The average Bonchev–Trinajstić information content (AvgIpc) is 2.46. The Morgan fingerprint density at radius 2 is 2.33 bits per heavy atom. The Labute approximate surface area is 93.5 Å². The molecule has 2 N–H and O–H groups in total. The highest BCUT2D eigenvalue weighted by molar-refractivity contribution is 7.11. The molecular weight excluding hydrogens is 212 g/mol. The van der Waals surface area contributed by atoms with Crippen LogP contribution in [0.2, 0.25) is 0 Å². The first-order valence-electron chi connectivity index (χ1n) is 4.93. The maximum absolute atomic E-state index is 11.5.